The lowest BCUT2D eigenvalue weighted by atomic mass is 9.99. The lowest BCUT2D eigenvalue weighted by molar-refractivity contribution is -0.292. The second-order valence-electron chi connectivity index (χ2n) is 3.95. The molecule has 112 valence electrons. The molecule has 0 saturated carbocycles. The van der Waals surface area contributed by atoms with Gasteiger partial charge in [0.2, 0.25) is 0 Å². The van der Waals surface area contributed by atoms with Crippen molar-refractivity contribution in [1.29, 1.82) is 0 Å². The summed E-state index contributed by atoms with van der Waals surface area (Å²) in [5.74, 6) is -1.79. The van der Waals surface area contributed by atoms with Gasteiger partial charge in [-0.1, -0.05) is 13.2 Å². The van der Waals surface area contributed by atoms with E-state index in [2.05, 4.69) is 13.2 Å². The van der Waals surface area contributed by atoms with Crippen LogP contribution in [0.5, 0.6) is 0 Å². The van der Waals surface area contributed by atoms with Crippen LogP contribution in [-0.4, -0.2) is 64.6 Å². The molecule has 0 aromatic carbocycles. The Hall–Kier alpha value is -1.74. The van der Waals surface area contributed by atoms with Gasteiger partial charge in [-0.15, -0.1) is 0 Å². The molecule has 0 aromatic rings. The third kappa shape index (κ3) is 3.64. The van der Waals surface area contributed by atoms with E-state index in [1.807, 2.05) is 0 Å². The number of esters is 2. The molecule has 1 aliphatic rings. The Morgan fingerprint density at radius 1 is 1.10 bits per heavy atom. The molecule has 0 spiro atoms. The van der Waals surface area contributed by atoms with Crippen molar-refractivity contribution in [3.05, 3.63) is 25.3 Å². The van der Waals surface area contributed by atoms with Gasteiger partial charge in [-0.2, -0.15) is 0 Å². The van der Waals surface area contributed by atoms with Crippen molar-refractivity contribution in [2.45, 2.75) is 30.7 Å². The average Bonchev–Trinajstić information content (AvgIpc) is 2.45. The minimum absolute atomic E-state index is 0.623. The Kier molecular flexibility index (Phi) is 5.83. The summed E-state index contributed by atoms with van der Waals surface area (Å²) in [5.41, 5.74) is 0. The lowest BCUT2D eigenvalue weighted by Gasteiger charge is -2.40. The average molecular weight is 288 g/mol. The highest BCUT2D eigenvalue weighted by Crippen LogP contribution is 2.25. The van der Waals surface area contributed by atoms with Crippen LogP contribution in [0.15, 0.2) is 25.3 Å². The van der Waals surface area contributed by atoms with E-state index in [9.17, 15) is 19.8 Å². The van der Waals surface area contributed by atoms with Crippen LogP contribution in [-0.2, 0) is 23.8 Å². The van der Waals surface area contributed by atoms with Gasteiger partial charge >= 0.3 is 11.9 Å². The Morgan fingerprint density at radius 2 is 1.60 bits per heavy atom. The van der Waals surface area contributed by atoms with E-state index in [0.29, 0.717) is 0 Å². The maximum Gasteiger partial charge on any atom is 0.330 e. The van der Waals surface area contributed by atoms with E-state index in [0.717, 1.165) is 12.2 Å². The zero-order chi connectivity index (χ0) is 15.3. The summed E-state index contributed by atoms with van der Waals surface area (Å²) in [4.78, 5) is 22.4. The van der Waals surface area contributed by atoms with Crippen molar-refractivity contribution in [2.24, 2.45) is 0 Å². The predicted molar refractivity (Wildman–Crippen MR) is 64.1 cm³/mol. The predicted octanol–water partition coefficient (Wildman–Crippen LogP) is -1.75. The number of rotatable bonds is 5. The molecule has 1 saturated heterocycles. The maximum atomic E-state index is 11.2. The normalized spacial score (nSPS) is 33.0. The first-order valence-corrected chi connectivity index (χ1v) is 5.73. The molecule has 0 radical (unpaired) electrons. The summed E-state index contributed by atoms with van der Waals surface area (Å²) < 4.78 is 14.5. The Morgan fingerprint density at radius 3 is 2.05 bits per heavy atom. The number of ether oxygens (including phenoxy) is 3. The standard InChI is InChI=1S/C12H16O8/c1-3-7(14)19-10-9(16)6(5-13)18-12(17)11(10)20-8(15)4-2/h3-4,6,9-13,16-17H,1-2,5H2/t6?,9-,10-,11?,12?/m0/s1. The summed E-state index contributed by atoms with van der Waals surface area (Å²) in [6, 6.07) is 0. The molecule has 0 aromatic heterocycles. The van der Waals surface area contributed by atoms with E-state index in [1.54, 1.807) is 0 Å². The Balaban J connectivity index is 2.95. The molecule has 20 heavy (non-hydrogen) atoms. The minimum Gasteiger partial charge on any atom is -0.452 e. The fourth-order valence-electron chi connectivity index (χ4n) is 1.68. The zero-order valence-corrected chi connectivity index (χ0v) is 10.5. The van der Waals surface area contributed by atoms with Crippen molar-refractivity contribution in [1.82, 2.24) is 0 Å². The summed E-state index contributed by atoms with van der Waals surface area (Å²) in [5, 5.41) is 28.7. The zero-order valence-electron chi connectivity index (χ0n) is 10.5. The SMILES string of the molecule is C=CC(=O)OC1C(O)OC(CO)[C@H](O)[C@@H]1OC(=O)C=C. The highest BCUT2D eigenvalue weighted by molar-refractivity contribution is 5.82. The summed E-state index contributed by atoms with van der Waals surface area (Å²) in [7, 11) is 0. The van der Waals surface area contributed by atoms with Crippen molar-refractivity contribution < 1.29 is 39.1 Å². The van der Waals surface area contributed by atoms with Crippen LogP contribution >= 0.6 is 0 Å². The number of hydrogen-bond donors (Lipinski definition) is 3. The molecule has 0 aliphatic carbocycles. The van der Waals surface area contributed by atoms with Crippen LogP contribution in [0.1, 0.15) is 0 Å². The molecule has 1 fully saturated rings. The summed E-state index contributed by atoms with van der Waals surface area (Å²) in [6.07, 6.45) is -5.55. The largest absolute Gasteiger partial charge is 0.452 e. The van der Waals surface area contributed by atoms with E-state index in [-0.39, 0.29) is 0 Å². The van der Waals surface area contributed by atoms with Crippen molar-refractivity contribution in [2.75, 3.05) is 6.61 Å². The van der Waals surface area contributed by atoms with Gasteiger partial charge in [0.15, 0.2) is 18.5 Å². The monoisotopic (exact) mass is 288 g/mol. The molecular weight excluding hydrogens is 272 g/mol. The first-order chi connectivity index (χ1) is 9.44. The minimum atomic E-state index is -1.68. The maximum absolute atomic E-state index is 11.2. The van der Waals surface area contributed by atoms with Crippen LogP contribution in [0.2, 0.25) is 0 Å². The molecule has 1 heterocycles. The first kappa shape index (κ1) is 16.3. The number of aliphatic hydroxyl groups is 3. The van der Waals surface area contributed by atoms with Crippen LogP contribution in [0, 0.1) is 0 Å². The molecule has 5 atom stereocenters. The van der Waals surface area contributed by atoms with Crippen LogP contribution < -0.4 is 0 Å². The fraction of sp³-hybridized carbons (Fsp3) is 0.500. The summed E-state index contributed by atoms with van der Waals surface area (Å²) >= 11 is 0. The van der Waals surface area contributed by atoms with Gasteiger partial charge in [0.05, 0.1) is 6.61 Å². The fourth-order valence-corrected chi connectivity index (χ4v) is 1.68. The van der Waals surface area contributed by atoms with Crippen molar-refractivity contribution in [3.8, 4) is 0 Å². The van der Waals surface area contributed by atoms with Gasteiger partial charge in [-0.3, -0.25) is 0 Å². The molecule has 1 rings (SSSR count). The Bertz CT molecular complexity index is 393. The molecule has 8 heteroatoms. The van der Waals surface area contributed by atoms with Crippen LogP contribution in [0.3, 0.4) is 0 Å². The molecular formula is C12H16O8. The number of carbonyl (C=O) groups excluding carboxylic acids is 2. The van der Waals surface area contributed by atoms with Crippen molar-refractivity contribution >= 4 is 11.9 Å². The van der Waals surface area contributed by atoms with Crippen molar-refractivity contribution in [3.63, 3.8) is 0 Å². The second kappa shape index (κ2) is 7.15. The van der Waals surface area contributed by atoms with Gasteiger partial charge in [-0.25, -0.2) is 9.59 Å². The van der Waals surface area contributed by atoms with Gasteiger partial charge in [-0.05, 0) is 0 Å². The number of hydrogen-bond acceptors (Lipinski definition) is 8. The van der Waals surface area contributed by atoms with Gasteiger partial charge in [0.1, 0.15) is 12.2 Å². The molecule has 3 unspecified atom stereocenters. The molecule has 1 aliphatic heterocycles. The Labute approximate surface area is 114 Å². The van der Waals surface area contributed by atoms with E-state index in [1.165, 1.54) is 0 Å². The molecule has 8 nitrogen and oxygen atoms in total. The second-order valence-corrected chi connectivity index (χ2v) is 3.95. The van der Waals surface area contributed by atoms with Crippen LogP contribution in [0.25, 0.3) is 0 Å². The van der Waals surface area contributed by atoms with E-state index in [4.69, 9.17) is 19.3 Å². The highest BCUT2D eigenvalue weighted by atomic mass is 16.7. The first-order valence-electron chi connectivity index (χ1n) is 5.73. The van der Waals surface area contributed by atoms with Crippen LogP contribution in [0.4, 0.5) is 0 Å². The van der Waals surface area contributed by atoms with E-state index >= 15 is 0 Å². The van der Waals surface area contributed by atoms with Gasteiger partial charge in [0.25, 0.3) is 0 Å². The lowest BCUT2D eigenvalue weighted by Crippen LogP contribution is -2.61. The third-order valence-electron chi connectivity index (χ3n) is 2.65. The van der Waals surface area contributed by atoms with Gasteiger partial charge < -0.3 is 29.5 Å². The quantitative estimate of drug-likeness (QED) is 0.402. The summed E-state index contributed by atoms with van der Waals surface area (Å²) in [6.45, 7) is 5.75. The van der Waals surface area contributed by atoms with Gasteiger partial charge in [0, 0.05) is 12.2 Å². The topological polar surface area (TPSA) is 123 Å². The molecule has 0 bridgehead atoms. The number of aliphatic hydroxyl groups excluding tert-OH is 3. The molecule has 0 amide bonds. The van der Waals surface area contributed by atoms with E-state index < -0.39 is 49.3 Å². The highest BCUT2D eigenvalue weighted by Gasteiger charge is 2.48. The molecule has 3 N–H and O–H groups in total. The number of carbonyl (C=O) groups is 2. The third-order valence-corrected chi connectivity index (χ3v) is 2.65. The smallest absolute Gasteiger partial charge is 0.330 e.